The summed E-state index contributed by atoms with van der Waals surface area (Å²) in [7, 11) is 1.23. The lowest BCUT2D eigenvalue weighted by Gasteiger charge is -2.16. The third-order valence-corrected chi connectivity index (χ3v) is 2.30. The minimum Gasteiger partial charge on any atom is -0.550 e. The Hall–Kier alpha value is -1.84. The molecule has 0 aliphatic rings. The zero-order valence-corrected chi connectivity index (χ0v) is 9.01. The molecule has 0 fully saturated rings. The Morgan fingerprint density at radius 1 is 1.31 bits per heavy atom. The lowest BCUT2D eigenvalue weighted by atomic mass is 9.96. The van der Waals surface area contributed by atoms with Gasteiger partial charge in [0, 0.05) is 11.9 Å². The fraction of sp³-hybridized carbons (Fsp3) is 0.333. The molecule has 0 aliphatic carbocycles. The van der Waals surface area contributed by atoms with Gasteiger partial charge in [0.2, 0.25) is 0 Å². The second-order valence-electron chi connectivity index (χ2n) is 3.49. The van der Waals surface area contributed by atoms with Crippen molar-refractivity contribution in [3.05, 3.63) is 35.9 Å². The standard InChI is InChI=1S/C12H14O4/c1-16-11(13)8-10(12(14)15)7-9-5-3-2-4-6-9/h2-6,10H,7-8H2,1H3,(H,14,15)/p-1/t10-/m1/s1. The first-order valence-electron chi connectivity index (χ1n) is 4.95. The fourth-order valence-electron chi connectivity index (χ4n) is 1.42. The van der Waals surface area contributed by atoms with Crippen LogP contribution in [-0.2, 0) is 20.7 Å². The van der Waals surface area contributed by atoms with Crippen LogP contribution in [0.2, 0.25) is 0 Å². The van der Waals surface area contributed by atoms with Crippen molar-refractivity contribution < 1.29 is 19.4 Å². The molecule has 1 atom stereocenters. The van der Waals surface area contributed by atoms with Crippen molar-refractivity contribution in [2.45, 2.75) is 12.8 Å². The predicted octanol–water partition coefficient (Wildman–Crippen LogP) is 0.158. The van der Waals surface area contributed by atoms with Gasteiger partial charge in [-0.15, -0.1) is 0 Å². The van der Waals surface area contributed by atoms with Crippen LogP contribution >= 0.6 is 0 Å². The van der Waals surface area contributed by atoms with Gasteiger partial charge in [-0.1, -0.05) is 30.3 Å². The van der Waals surface area contributed by atoms with Gasteiger partial charge in [0.15, 0.2) is 0 Å². The molecule has 86 valence electrons. The molecule has 1 aromatic carbocycles. The summed E-state index contributed by atoms with van der Waals surface area (Å²) in [6.45, 7) is 0. The highest BCUT2D eigenvalue weighted by Gasteiger charge is 2.15. The molecule has 0 bridgehead atoms. The second kappa shape index (κ2) is 5.90. The summed E-state index contributed by atoms with van der Waals surface area (Å²) in [4.78, 5) is 21.8. The van der Waals surface area contributed by atoms with Crippen molar-refractivity contribution in [1.29, 1.82) is 0 Å². The molecule has 0 saturated carbocycles. The van der Waals surface area contributed by atoms with Crippen LogP contribution in [0.3, 0.4) is 0 Å². The summed E-state index contributed by atoms with van der Waals surface area (Å²) in [6, 6.07) is 9.11. The van der Waals surface area contributed by atoms with E-state index in [2.05, 4.69) is 4.74 Å². The lowest BCUT2D eigenvalue weighted by molar-refractivity contribution is -0.311. The van der Waals surface area contributed by atoms with E-state index in [0.29, 0.717) is 0 Å². The van der Waals surface area contributed by atoms with Crippen LogP contribution in [0.25, 0.3) is 0 Å². The first-order valence-corrected chi connectivity index (χ1v) is 4.95. The van der Waals surface area contributed by atoms with Gasteiger partial charge >= 0.3 is 5.97 Å². The third kappa shape index (κ3) is 3.73. The smallest absolute Gasteiger partial charge is 0.306 e. The molecule has 0 unspecified atom stereocenters. The molecule has 0 radical (unpaired) electrons. The van der Waals surface area contributed by atoms with Gasteiger partial charge in [0.25, 0.3) is 0 Å². The molecule has 1 rings (SSSR count). The Morgan fingerprint density at radius 2 is 1.94 bits per heavy atom. The maximum atomic E-state index is 11.0. The van der Waals surface area contributed by atoms with E-state index < -0.39 is 17.9 Å². The SMILES string of the molecule is COC(=O)C[C@@H](Cc1ccccc1)C(=O)[O-]. The summed E-state index contributed by atoms with van der Waals surface area (Å²) in [5.41, 5.74) is 0.862. The van der Waals surface area contributed by atoms with Crippen LogP contribution < -0.4 is 5.11 Å². The topological polar surface area (TPSA) is 66.4 Å². The van der Waals surface area contributed by atoms with E-state index in [1.807, 2.05) is 30.3 Å². The first kappa shape index (κ1) is 12.2. The molecule has 1 aromatic rings. The van der Waals surface area contributed by atoms with Gasteiger partial charge in [-0.25, -0.2) is 0 Å². The summed E-state index contributed by atoms with van der Waals surface area (Å²) >= 11 is 0. The molecule has 4 heteroatoms. The molecule has 0 heterocycles. The van der Waals surface area contributed by atoms with E-state index in [0.717, 1.165) is 5.56 Å². The van der Waals surface area contributed by atoms with E-state index in [4.69, 9.17) is 0 Å². The number of benzene rings is 1. The summed E-state index contributed by atoms with van der Waals surface area (Å²) < 4.78 is 4.44. The summed E-state index contributed by atoms with van der Waals surface area (Å²) in [6.07, 6.45) is 0.117. The van der Waals surface area contributed by atoms with Gasteiger partial charge in [0.05, 0.1) is 13.5 Å². The van der Waals surface area contributed by atoms with E-state index in [-0.39, 0.29) is 12.8 Å². The largest absolute Gasteiger partial charge is 0.550 e. The number of hydrogen-bond acceptors (Lipinski definition) is 4. The van der Waals surface area contributed by atoms with Gasteiger partial charge in [-0.05, 0) is 12.0 Å². The van der Waals surface area contributed by atoms with Gasteiger partial charge in [0.1, 0.15) is 0 Å². The molecule has 0 spiro atoms. The number of methoxy groups -OCH3 is 1. The highest BCUT2D eigenvalue weighted by molar-refractivity contribution is 5.77. The van der Waals surface area contributed by atoms with Crippen molar-refractivity contribution in [3.8, 4) is 0 Å². The number of rotatable bonds is 5. The second-order valence-corrected chi connectivity index (χ2v) is 3.49. The van der Waals surface area contributed by atoms with Crippen LogP contribution in [0.1, 0.15) is 12.0 Å². The normalized spacial score (nSPS) is 11.8. The molecular formula is C12H13O4-. The summed E-state index contributed by atoms with van der Waals surface area (Å²) in [5.74, 6) is -2.60. The number of hydrogen-bond donors (Lipinski definition) is 0. The van der Waals surface area contributed by atoms with Crippen molar-refractivity contribution in [2.24, 2.45) is 5.92 Å². The Labute approximate surface area is 93.9 Å². The van der Waals surface area contributed by atoms with E-state index in [9.17, 15) is 14.7 Å². The van der Waals surface area contributed by atoms with E-state index in [1.165, 1.54) is 7.11 Å². The van der Waals surface area contributed by atoms with Crippen LogP contribution in [-0.4, -0.2) is 19.0 Å². The Kier molecular flexibility index (Phi) is 4.51. The minimum absolute atomic E-state index is 0.159. The van der Waals surface area contributed by atoms with Crippen LogP contribution in [0.5, 0.6) is 0 Å². The molecule has 0 amide bonds. The Balaban J connectivity index is 2.65. The molecule has 0 saturated heterocycles. The average molecular weight is 221 g/mol. The number of aliphatic carboxylic acids is 1. The van der Waals surface area contributed by atoms with Crippen LogP contribution in [0.15, 0.2) is 30.3 Å². The van der Waals surface area contributed by atoms with E-state index in [1.54, 1.807) is 0 Å². The maximum Gasteiger partial charge on any atom is 0.306 e. The lowest BCUT2D eigenvalue weighted by Crippen LogP contribution is -2.34. The first-order chi connectivity index (χ1) is 7.63. The molecule has 16 heavy (non-hydrogen) atoms. The zero-order chi connectivity index (χ0) is 12.0. The van der Waals surface area contributed by atoms with Crippen molar-refractivity contribution in [1.82, 2.24) is 0 Å². The van der Waals surface area contributed by atoms with Gasteiger partial charge in [-0.2, -0.15) is 0 Å². The Morgan fingerprint density at radius 3 is 2.44 bits per heavy atom. The number of carbonyl (C=O) groups is 2. The van der Waals surface area contributed by atoms with Crippen molar-refractivity contribution in [2.75, 3.05) is 7.11 Å². The number of carboxylic acids is 1. The molecule has 0 aliphatic heterocycles. The number of carbonyl (C=O) groups excluding carboxylic acids is 2. The van der Waals surface area contributed by atoms with Gasteiger partial charge < -0.3 is 14.6 Å². The van der Waals surface area contributed by atoms with Crippen LogP contribution in [0, 0.1) is 5.92 Å². The number of carboxylic acid groups (broad SMARTS) is 1. The maximum absolute atomic E-state index is 11.0. The summed E-state index contributed by atoms with van der Waals surface area (Å²) in [5, 5.41) is 10.8. The zero-order valence-electron chi connectivity index (χ0n) is 9.01. The van der Waals surface area contributed by atoms with Crippen LogP contribution in [0.4, 0.5) is 0 Å². The number of ether oxygens (including phenoxy) is 1. The van der Waals surface area contributed by atoms with Gasteiger partial charge in [-0.3, -0.25) is 4.79 Å². The molecule has 0 N–H and O–H groups in total. The minimum atomic E-state index is -1.23. The highest BCUT2D eigenvalue weighted by Crippen LogP contribution is 2.12. The van der Waals surface area contributed by atoms with Crippen molar-refractivity contribution >= 4 is 11.9 Å². The third-order valence-electron chi connectivity index (χ3n) is 2.30. The highest BCUT2D eigenvalue weighted by atomic mass is 16.5. The van der Waals surface area contributed by atoms with Crippen molar-refractivity contribution in [3.63, 3.8) is 0 Å². The number of esters is 1. The molecule has 4 nitrogen and oxygen atoms in total. The molecular weight excluding hydrogens is 208 g/mol. The Bertz CT molecular complexity index is 359. The molecule has 0 aromatic heterocycles. The predicted molar refractivity (Wildman–Crippen MR) is 55.3 cm³/mol. The monoisotopic (exact) mass is 221 g/mol. The average Bonchev–Trinajstić information content (AvgIpc) is 2.29. The van der Waals surface area contributed by atoms with E-state index >= 15 is 0 Å². The quantitative estimate of drug-likeness (QED) is 0.664. The fourth-order valence-corrected chi connectivity index (χ4v) is 1.42.